The molecular formula is C32H31O5P. The van der Waals surface area contributed by atoms with Crippen LogP contribution in [0.25, 0.3) is 0 Å². The second-order valence-electron chi connectivity index (χ2n) is 9.65. The predicted molar refractivity (Wildman–Crippen MR) is 151 cm³/mol. The number of carbonyl (C=O) groups excluding carboxylic acids is 2. The van der Waals surface area contributed by atoms with Crippen LogP contribution in [0.2, 0.25) is 0 Å². The van der Waals surface area contributed by atoms with Gasteiger partial charge in [-0.25, -0.2) is 4.57 Å². The minimum absolute atomic E-state index is 0.162. The summed E-state index contributed by atoms with van der Waals surface area (Å²) in [5, 5.41) is 0. The van der Waals surface area contributed by atoms with Gasteiger partial charge in [0.1, 0.15) is 11.5 Å². The first-order valence-electron chi connectivity index (χ1n) is 12.4. The fraction of sp³-hybridized carbons (Fsp3) is 0.188. The van der Waals surface area contributed by atoms with Crippen LogP contribution in [-0.2, 0) is 4.57 Å². The molecule has 0 fully saturated rings. The highest BCUT2D eigenvalue weighted by Crippen LogP contribution is 2.36. The van der Waals surface area contributed by atoms with Crippen molar-refractivity contribution in [3.8, 4) is 11.5 Å². The number of ketones is 2. The Hall–Kier alpha value is -3.95. The van der Waals surface area contributed by atoms with Crippen molar-refractivity contribution in [3.05, 3.63) is 128 Å². The summed E-state index contributed by atoms with van der Waals surface area (Å²) in [5.41, 5.74) is 7.35. The fourth-order valence-electron chi connectivity index (χ4n) is 5.03. The Morgan fingerprint density at radius 2 is 0.868 bits per heavy atom. The Morgan fingerprint density at radius 1 is 0.553 bits per heavy atom. The van der Waals surface area contributed by atoms with Gasteiger partial charge in [-0.2, -0.15) is 0 Å². The van der Waals surface area contributed by atoms with Gasteiger partial charge in [0.05, 0.1) is 11.1 Å². The number of rotatable bonds is 8. The van der Waals surface area contributed by atoms with E-state index in [1.54, 1.807) is 48.5 Å². The molecule has 0 aliphatic rings. The zero-order chi connectivity index (χ0) is 27.6. The average molecular weight is 527 g/mol. The normalized spacial score (nSPS) is 10.9. The first-order chi connectivity index (χ1) is 18.1. The molecule has 4 aromatic carbocycles. The van der Waals surface area contributed by atoms with Gasteiger partial charge in [0.25, 0.3) is 0 Å². The van der Waals surface area contributed by atoms with Gasteiger partial charge in [0, 0.05) is 11.1 Å². The first kappa shape index (κ1) is 27.1. The summed E-state index contributed by atoms with van der Waals surface area (Å²) in [7, 11) is -3.17. The van der Waals surface area contributed by atoms with Crippen molar-refractivity contribution in [2.75, 3.05) is 0 Å². The van der Waals surface area contributed by atoms with E-state index in [9.17, 15) is 14.2 Å². The Bertz CT molecular complexity index is 1420. The summed E-state index contributed by atoms with van der Waals surface area (Å²) in [5.74, 6) is -0.109. The minimum Gasteiger partial charge on any atom is -0.417 e. The molecule has 0 N–H and O–H groups in total. The Kier molecular flexibility index (Phi) is 7.99. The summed E-state index contributed by atoms with van der Waals surface area (Å²) < 4.78 is 24.5. The molecule has 0 amide bonds. The van der Waals surface area contributed by atoms with Gasteiger partial charge in [-0.1, -0.05) is 59.7 Å². The van der Waals surface area contributed by atoms with Crippen LogP contribution in [0.15, 0.2) is 72.8 Å². The van der Waals surface area contributed by atoms with E-state index in [1.807, 2.05) is 65.8 Å². The quantitative estimate of drug-likeness (QED) is 0.173. The Labute approximate surface area is 224 Å². The summed E-state index contributed by atoms with van der Waals surface area (Å²) in [4.78, 5) is 27.0. The molecular weight excluding hydrogens is 495 g/mol. The van der Waals surface area contributed by atoms with Crippen LogP contribution < -0.4 is 9.05 Å². The molecule has 0 aliphatic heterocycles. The van der Waals surface area contributed by atoms with Gasteiger partial charge in [-0.3, -0.25) is 9.59 Å². The molecule has 38 heavy (non-hydrogen) atoms. The van der Waals surface area contributed by atoms with Crippen molar-refractivity contribution < 1.29 is 23.2 Å². The van der Waals surface area contributed by atoms with Crippen LogP contribution >= 0.6 is 8.25 Å². The standard InChI is InChI=1S/C32H31O5P/c1-19-15-21(3)29(22(4)16-19)31(33)25-11-7-9-13-27(25)36-38(35)37-28-14-10-8-12-26(28)32(34)30-23(5)17-20(2)18-24(30)6/h7-18,38H,1-6H3. The number of benzene rings is 4. The third-order valence-corrected chi connectivity index (χ3v) is 7.23. The van der Waals surface area contributed by atoms with E-state index in [-0.39, 0.29) is 23.1 Å². The third kappa shape index (κ3) is 5.64. The zero-order valence-electron chi connectivity index (χ0n) is 22.5. The predicted octanol–water partition coefficient (Wildman–Crippen LogP) is 7.85. The molecule has 4 aromatic rings. The van der Waals surface area contributed by atoms with Crippen molar-refractivity contribution >= 4 is 19.8 Å². The molecule has 6 heteroatoms. The SMILES string of the molecule is Cc1cc(C)c(C(=O)c2ccccc2O[PH](=O)Oc2ccccc2C(=O)c2c(C)cc(C)cc2C)c(C)c1. The van der Waals surface area contributed by atoms with E-state index in [2.05, 4.69) is 0 Å². The maximum Gasteiger partial charge on any atom is 0.419 e. The first-order valence-corrected chi connectivity index (χ1v) is 13.6. The lowest BCUT2D eigenvalue weighted by molar-refractivity contribution is 0.102. The summed E-state index contributed by atoms with van der Waals surface area (Å²) in [6, 6.07) is 21.2. The molecule has 0 bridgehead atoms. The lowest BCUT2D eigenvalue weighted by Crippen LogP contribution is -2.09. The summed E-state index contributed by atoms with van der Waals surface area (Å²) >= 11 is 0. The second kappa shape index (κ2) is 11.2. The van der Waals surface area contributed by atoms with Gasteiger partial charge in [0.15, 0.2) is 11.6 Å². The van der Waals surface area contributed by atoms with E-state index in [0.29, 0.717) is 22.3 Å². The van der Waals surface area contributed by atoms with Crippen molar-refractivity contribution in [1.29, 1.82) is 0 Å². The molecule has 194 valence electrons. The lowest BCUT2D eigenvalue weighted by Gasteiger charge is -2.16. The Balaban J connectivity index is 1.61. The van der Waals surface area contributed by atoms with Crippen molar-refractivity contribution in [2.45, 2.75) is 41.5 Å². The highest BCUT2D eigenvalue weighted by molar-refractivity contribution is 7.34. The third-order valence-electron chi connectivity index (χ3n) is 6.46. The molecule has 0 saturated carbocycles. The van der Waals surface area contributed by atoms with Crippen LogP contribution in [0, 0.1) is 41.5 Å². The monoisotopic (exact) mass is 526 g/mol. The molecule has 0 saturated heterocycles. The van der Waals surface area contributed by atoms with Crippen molar-refractivity contribution in [1.82, 2.24) is 0 Å². The molecule has 0 spiro atoms. The number of para-hydroxylation sites is 2. The van der Waals surface area contributed by atoms with Crippen LogP contribution in [0.3, 0.4) is 0 Å². The molecule has 0 unspecified atom stereocenters. The highest BCUT2D eigenvalue weighted by atomic mass is 31.1. The van der Waals surface area contributed by atoms with Crippen LogP contribution in [0.5, 0.6) is 11.5 Å². The van der Waals surface area contributed by atoms with Gasteiger partial charge in [-0.15, -0.1) is 0 Å². The van der Waals surface area contributed by atoms with Crippen LogP contribution in [0.4, 0.5) is 0 Å². The number of carbonyl (C=O) groups is 2. The molecule has 5 nitrogen and oxygen atoms in total. The second-order valence-corrected chi connectivity index (χ2v) is 10.6. The summed E-state index contributed by atoms with van der Waals surface area (Å²) in [6.07, 6.45) is 0. The molecule has 0 atom stereocenters. The largest absolute Gasteiger partial charge is 0.419 e. The molecule has 0 heterocycles. The fourth-order valence-corrected chi connectivity index (χ4v) is 5.79. The molecule has 0 aliphatic carbocycles. The van der Waals surface area contributed by atoms with E-state index < -0.39 is 8.25 Å². The van der Waals surface area contributed by atoms with E-state index in [4.69, 9.17) is 9.05 Å². The van der Waals surface area contributed by atoms with Gasteiger partial charge in [-0.05, 0) is 88.1 Å². The number of hydrogen-bond donors (Lipinski definition) is 0. The Morgan fingerprint density at radius 3 is 1.21 bits per heavy atom. The maximum absolute atomic E-state index is 13.5. The minimum atomic E-state index is -3.17. The van der Waals surface area contributed by atoms with E-state index >= 15 is 0 Å². The summed E-state index contributed by atoms with van der Waals surface area (Å²) in [6.45, 7) is 11.6. The van der Waals surface area contributed by atoms with E-state index in [1.165, 1.54) is 0 Å². The topological polar surface area (TPSA) is 69.7 Å². The molecule has 0 radical (unpaired) electrons. The number of hydrogen-bond acceptors (Lipinski definition) is 5. The molecule has 4 rings (SSSR count). The van der Waals surface area contributed by atoms with Crippen LogP contribution in [0.1, 0.15) is 65.2 Å². The van der Waals surface area contributed by atoms with Crippen molar-refractivity contribution in [2.24, 2.45) is 0 Å². The molecule has 0 aromatic heterocycles. The number of aryl methyl sites for hydroxylation is 6. The van der Waals surface area contributed by atoms with Gasteiger partial charge in [0.2, 0.25) is 0 Å². The highest BCUT2D eigenvalue weighted by Gasteiger charge is 2.22. The maximum atomic E-state index is 13.5. The van der Waals surface area contributed by atoms with Crippen molar-refractivity contribution in [3.63, 3.8) is 0 Å². The lowest BCUT2D eigenvalue weighted by atomic mass is 9.93. The smallest absolute Gasteiger partial charge is 0.417 e. The van der Waals surface area contributed by atoms with E-state index in [0.717, 1.165) is 33.4 Å². The van der Waals surface area contributed by atoms with Gasteiger partial charge >= 0.3 is 8.25 Å². The average Bonchev–Trinajstić information content (AvgIpc) is 2.83. The van der Waals surface area contributed by atoms with Crippen LogP contribution in [-0.4, -0.2) is 11.6 Å². The van der Waals surface area contributed by atoms with Gasteiger partial charge < -0.3 is 9.05 Å². The zero-order valence-corrected chi connectivity index (χ0v) is 23.5.